The summed E-state index contributed by atoms with van der Waals surface area (Å²) in [4.78, 5) is 25.8. The Kier molecular flexibility index (Phi) is 5.04. The quantitative estimate of drug-likeness (QED) is 0.750. The third kappa shape index (κ3) is 3.70. The van der Waals surface area contributed by atoms with Crippen LogP contribution in [-0.4, -0.2) is 48.6 Å². The monoisotopic (exact) mass is 330 g/mol. The van der Waals surface area contributed by atoms with Crippen molar-refractivity contribution >= 4 is 11.9 Å². The third-order valence-electron chi connectivity index (χ3n) is 4.97. The first-order valence-electron chi connectivity index (χ1n) is 8.67. The van der Waals surface area contributed by atoms with E-state index in [-0.39, 0.29) is 18.0 Å². The Balaban J connectivity index is 1.59. The van der Waals surface area contributed by atoms with Crippen LogP contribution in [0.2, 0.25) is 0 Å². The predicted octanol–water partition coefficient (Wildman–Crippen LogP) is 0.867. The molecule has 24 heavy (non-hydrogen) atoms. The van der Waals surface area contributed by atoms with Crippen LogP contribution in [0.1, 0.15) is 25.0 Å². The van der Waals surface area contributed by atoms with Crippen molar-refractivity contribution in [3.8, 4) is 0 Å². The Hall–Kier alpha value is -2.08. The van der Waals surface area contributed by atoms with Crippen LogP contribution >= 0.6 is 0 Å². The Morgan fingerprint density at radius 2 is 2.08 bits per heavy atom. The average molecular weight is 330 g/mol. The van der Waals surface area contributed by atoms with E-state index in [1.165, 1.54) is 11.1 Å². The first kappa shape index (κ1) is 16.8. The lowest BCUT2D eigenvalue weighted by Gasteiger charge is -2.38. The van der Waals surface area contributed by atoms with Crippen LogP contribution in [0.15, 0.2) is 24.3 Å². The summed E-state index contributed by atoms with van der Waals surface area (Å²) in [6.07, 6.45) is 1.05. The summed E-state index contributed by atoms with van der Waals surface area (Å²) in [6, 6.07) is 8.12. The van der Waals surface area contributed by atoms with Crippen LogP contribution in [0.5, 0.6) is 0 Å². The van der Waals surface area contributed by atoms with Gasteiger partial charge in [-0.3, -0.25) is 9.69 Å². The first-order valence-corrected chi connectivity index (χ1v) is 8.67. The summed E-state index contributed by atoms with van der Waals surface area (Å²) in [5.41, 5.74) is 2.81. The predicted molar refractivity (Wildman–Crippen MR) is 92.5 cm³/mol. The molecule has 0 saturated carbocycles. The maximum atomic E-state index is 12.2. The number of amides is 3. The highest BCUT2D eigenvalue weighted by Gasteiger charge is 2.29. The van der Waals surface area contributed by atoms with Gasteiger partial charge in [0.25, 0.3) is 0 Å². The second-order valence-corrected chi connectivity index (χ2v) is 6.95. The van der Waals surface area contributed by atoms with Gasteiger partial charge < -0.3 is 16.0 Å². The zero-order chi connectivity index (χ0) is 17.1. The number of fused-ring (bicyclic) bond motifs is 1. The highest BCUT2D eigenvalue weighted by molar-refractivity contribution is 5.90. The second kappa shape index (κ2) is 7.21. The minimum Gasteiger partial charge on any atom is -0.353 e. The fourth-order valence-electron chi connectivity index (χ4n) is 3.53. The van der Waals surface area contributed by atoms with Crippen molar-refractivity contribution in [3.63, 3.8) is 0 Å². The molecule has 2 atom stereocenters. The number of nitrogens with one attached hydrogen (secondary N) is 3. The average Bonchev–Trinajstić information content (AvgIpc) is 3.01. The second-order valence-electron chi connectivity index (χ2n) is 6.95. The van der Waals surface area contributed by atoms with Gasteiger partial charge in [-0.1, -0.05) is 38.1 Å². The van der Waals surface area contributed by atoms with E-state index < -0.39 is 6.04 Å². The van der Waals surface area contributed by atoms with Crippen molar-refractivity contribution < 1.29 is 9.59 Å². The minimum absolute atomic E-state index is 0.114. The van der Waals surface area contributed by atoms with Gasteiger partial charge in [0.1, 0.15) is 6.04 Å². The summed E-state index contributed by atoms with van der Waals surface area (Å²) in [5, 5.41) is 8.25. The van der Waals surface area contributed by atoms with Crippen molar-refractivity contribution in [3.05, 3.63) is 35.4 Å². The minimum atomic E-state index is -0.465. The molecule has 3 N–H and O–H groups in total. The number of hydrogen-bond acceptors (Lipinski definition) is 3. The van der Waals surface area contributed by atoms with Gasteiger partial charge in [0.05, 0.1) is 0 Å². The number of carbonyl (C=O) groups is 2. The maximum absolute atomic E-state index is 12.2. The van der Waals surface area contributed by atoms with Gasteiger partial charge in [-0.2, -0.15) is 0 Å². The van der Waals surface area contributed by atoms with E-state index >= 15 is 0 Å². The molecule has 2 aliphatic rings. The molecule has 130 valence electrons. The Morgan fingerprint density at radius 3 is 2.75 bits per heavy atom. The molecule has 2 unspecified atom stereocenters. The van der Waals surface area contributed by atoms with Gasteiger partial charge in [-0.05, 0) is 23.5 Å². The number of urea groups is 1. The Morgan fingerprint density at radius 1 is 1.33 bits per heavy atom. The first-order chi connectivity index (χ1) is 11.5. The molecule has 0 spiro atoms. The molecular formula is C18H26N4O2. The van der Waals surface area contributed by atoms with Crippen LogP contribution in [0.4, 0.5) is 4.79 Å². The highest BCUT2D eigenvalue weighted by Crippen LogP contribution is 2.22. The molecule has 0 aromatic heterocycles. The molecule has 1 aromatic rings. The summed E-state index contributed by atoms with van der Waals surface area (Å²) in [6.45, 7) is 7.28. The van der Waals surface area contributed by atoms with Crippen molar-refractivity contribution in [1.29, 1.82) is 0 Å². The van der Waals surface area contributed by atoms with E-state index in [2.05, 4.69) is 59.0 Å². The molecule has 2 heterocycles. The van der Waals surface area contributed by atoms with Gasteiger partial charge in [-0.15, -0.1) is 0 Å². The number of nitrogens with zero attached hydrogens (tertiary/aromatic N) is 1. The molecule has 6 nitrogen and oxygen atoms in total. The molecule has 0 radical (unpaired) electrons. The summed E-state index contributed by atoms with van der Waals surface area (Å²) in [7, 11) is 0. The van der Waals surface area contributed by atoms with Gasteiger partial charge >= 0.3 is 6.03 Å². The zero-order valence-corrected chi connectivity index (χ0v) is 14.3. The molecule has 6 heteroatoms. The fraction of sp³-hybridized carbons (Fsp3) is 0.556. The van der Waals surface area contributed by atoms with Crippen LogP contribution in [0, 0.1) is 5.92 Å². The number of rotatable bonds is 5. The fourth-order valence-corrected chi connectivity index (χ4v) is 3.53. The lowest BCUT2D eigenvalue weighted by Crippen LogP contribution is -2.51. The molecular weight excluding hydrogens is 304 g/mol. The maximum Gasteiger partial charge on any atom is 0.315 e. The molecule has 1 saturated heterocycles. The molecule has 0 aliphatic carbocycles. The van der Waals surface area contributed by atoms with E-state index in [0.717, 1.165) is 19.5 Å². The summed E-state index contributed by atoms with van der Waals surface area (Å²) >= 11 is 0. The van der Waals surface area contributed by atoms with Crippen LogP contribution in [0.3, 0.4) is 0 Å². The Bertz CT molecular complexity index is 617. The van der Waals surface area contributed by atoms with Crippen LogP contribution in [0.25, 0.3) is 0 Å². The van der Waals surface area contributed by atoms with E-state index in [4.69, 9.17) is 0 Å². The molecule has 3 amide bonds. The van der Waals surface area contributed by atoms with E-state index in [9.17, 15) is 9.59 Å². The van der Waals surface area contributed by atoms with Gasteiger partial charge in [0.15, 0.2) is 0 Å². The zero-order valence-electron chi connectivity index (χ0n) is 14.3. The third-order valence-corrected chi connectivity index (χ3v) is 4.97. The van der Waals surface area contributed by atoms with Crippen molar-refractivity contribution in [2.75, 3.05) is 19.6 Å². The van der Waals surface area contributed by atoms with Crippen LogP contribution in [-0.2, 0) is 17.8 Å². The van der Waals surface area contributed by atoms with Crippen molar-refractivity contribution in [1.82, 2.24) is 20.9 Å². The van der Waals surface area contributed by atoms with Gasteiger partial charge in [-0.25, -0.2) is 4.79 Å². The standard InChI is InChI=1S/C18H26N4O2/c1-12(2)16(10-19-17(23)15-9-20-18(24)21-15)22-8-7-13-5-3-4-6-14(13)11-22/h3-6,12,15-16H,7-11H2,1-2H3,(H,19,23)(H2,20,21,24). The van der Waals surface area contributed by atoms with E-state index in [1.54, 1.807) is 0 Å². The number of hydrogen-bond donors (Lipinski definition) is 3. The number of benzene rings is 1. The highest BCUT2D eigenvalue weighted by atomic mass is 16.2. The van der Waals surface area contributed by atoms with E-state index in [0.29, 0.717) is 19.0 Å². The summed E-state index contributed by atoms with van der Waals surface area (Å²) < 4.78 is 0. The van der Waals surface area contributed by atoms with E-state index in [1.807, 2.05) is 0 Å². The van der Waals surface area contributed by atoms with Gasteiger partial charge in [0.2, 0.25) is 5.91 Å². The molecule has 2 aliphatic heterocycles. The smallest absolute Gasteiger partial charge is 0.315 e. The van der Waals surface area contributed by atoms with Crippen molar-refractivity contribution in [2.45, 2.75) is 38.9 Å². The van der Waals surface area contributed by atoms with Crippen molar-refractivity contribution in [2.24, 2.45) is 5.92 Å². The lowest BCUT2D eigenvalue weighted by molar-refractivity contribution is -0.122. The number of carbonyl (C=O) groups excluding carboxylic acids is 2. The summed E-state index contributed by atoms with van der Waals surface area (Å²) in [5.74, 6) is 0.322. The molecule has 0 bridgehead atoms. The normalized spacial score (nSPS) is 21.8. The molecule has 3 rings (SSSR count). The Labute approximate surface area is 143 Å². The largest absolute Gasteiger partial charge is 0.353 e. The molecule has 1 aromatic carbocycles. The molecule has 1 fully saturated rings. The van der Waals surface area contributed by atoms with Gasteiger partial charge in [0, 0.05) is 32.2 Å². The topological polar surface area (TPSA) is 73.5 Å². The SMILES string of the molecule is CC(C)C(CNC(=O)C1CNC(=O)N1)N1CCc2ccccc2C1. The lowest BCUT2D eigenvalue weighted by atomic mass is 9.95. The van der Waals surface area contributed by atoms with Crippen LogP contribution < -0.4 is 16.0 Å².